The van der Waals surface area contributed by atoms with Crippen molar-refractivity contribution in [3.05, 3.63) is 60.2 Å². The minimum absolute atomic E-state index is 0.828. The molecule has 0 aliphatic carbocycles. The van der Waals surface area contributed by atoms with E-state index in [4.69, 9.17) is 0 Å². The third kappa shape index (κ3) is 4.11. The van der Waals surface area contributed by atoms with Gasteiger partial charge >= 0.3 is 0 Å². The number of anilines is 2. The summed E-state index contributed by atoms with van der Waals surface area (Å²) in [6, 6.07) is 20.0. The number of hydrogen-bond donors (Lipinski definition) is 0. The number of rotatable bonds is 6. The van der Waals surface area contributed by atoms with Crippen LogP contribution in [0.3, 0.4) is 0 Å². The minimum Gasteiger partial charge on any atom is -0.372 e. The van der Waals surface area contributed by atoms with Crippen molar-refractivity contribution >= 4 is 11.4 Å². The third-order valence-corrected chi connectivity index (χ3v) is 5.31. The van der Waals surface area contributed by atoms with Crippen LogP contribution < -0.4 is 9.80 Å². The topological polar surface area (TPSA) is 6.48 Å². The summed E-state index contributed by atoms with van der Waals surface area (Å²) in [5, 5.41) is 0. The second kappa shape index (κ2) is 8.23. The van der Waals surface area contributed by atoms with Crippen LogP contribution >= 0.6 is 0 Å². The van der Waals surface area contributed by atoms with Gasteiger partial charge < -0.3 is 9.80 Å². The van der Waals surface area contributed by atoms with Crippen molar-refractivity contribution in [1.29, 1.82) is 0 Å². The van der Waals surface area contributed by atoms with E-state index in [0.717, 1.165) is 19.0 Å². The third-order valence-electron chi connectivity index (χ3n) is 5.31. The van der Waals surface area contributed by atoms with Gasteiger partial charge in [0.05, 0.1) is 0 Å². The van der Waals surface area contributed by atoms with Gasteiger partial charge in [-0.3, -0.25) is 0 Å². The molecule has 0 aromatic heterocycles. The maximum absolute atomic E-state index is 2.56. The molecule has 0 N–H and O–H groups in total. The Morgan fingerprint density at radius 3 is 2.29 bits per heavy atom. The maximum Gasteiger partial charge on any atom is 0.0386 e. The Labute approximate surface area is 147 Å². The lowest BCUT2D eigenvalue weighted by molar-refractivity contribution is 0.404. The first kappa shape index (κ1) is 16.9. The van der Waals surface area contributed by atoms with E-state index in [2.05, 4.69) is 78.2 Å². The molecule has 0 bridgehead atoms. The Balaban J connectivity index is 1.59. The van der Waals surface area contributed by atoms with Crippen LogP contribution in [0, 0.1) is 5.92 Å². The molecule has 1 fully saturated rings. The molecule has 0 atom stereocenters. The van der Waals surface area contributed by atoms with Crippen LogP contribution in [-0.2, 0) is 6.42 Å². The van der Waals surface area contributed by atoms with Crippen LogP contribution in [0.15, 0.2) is 54.6 Å². The average Bonchev–Trinajstić information content (AvgIpc) is 2.65. The molecular weight excluding hydrogens is 292 g/mol. The molecule has 1 aliphatic rings. The van der Waals surface area contributed by atoms with E-state index in [1.165, 1.54) is 49.3 Å². The highest BCUT2D eigenvalue weighted by molar-refractivity contribution is 5.59. The van der Waals surface area contributed by atoms with Crippen LogP contribution in [0.25, 0.3) is 0 Å². The van der Waals surface area contributed by atoms with E-state index >= 15 is 0 Å². The summed E-state index contributed by atoms with van der Waals surface area (Å²) in [5.74, 6) is 0.828. The van der Waals surface area contributed by atoms with Gasteiger partial charge in [0.25, 0.3) is 0 Å². The van der Waals surface area contributed by atoms with Gasteiger partial charge in [-0.15, -0.1) is 0 Å². The van der Waals surface area contributed by atoms with Crippen LogP contribution in [0.5, 0.6) is 0 Å². The summed E-state index contributed by atoms with van der Waals surface area (Å²) in [5.41, 5.74) is 4.22. The van der Waals surface area contributed by atoms with Gasteiger partial charge in [0, 0.05) is 37.6 Å². The molecular formula is C22H30N2. The number of hydrogen-bond acceptors (Lipinski definition) is 2. The Morgan fingerprint density at radius 2 is 1.62 bits per heavy atom. The summed E-state index contributed by atoms with van der Waals surface area (Å²) in [6.07, 6.45) is 3.82. The van der Waals surface area contributed by atoms with Gasteiger partial charge in [-0.25, -0.2) is 0 Å². The zero-order chi connectivity index (χ0) is 16.8. The highest BCUT2D eigenvalue weighted by Gasteiger charge is 2.20. The molecule has 1 saturated heterocycles. The van der Waals surface area contributed by atoms with Gasteiger partial charge in [-0.1, -0.05) is 36.4 Å². The molecule has 0 radical (unpaired) electrons. The van der Waals surface area contributed by atoms with E-state index in [9.17, 15) is 0 Å². The van der Waals surface area contributed by atoms with Crippen LogP contribution in [0.2, 0.25) is 0 Å². The van der Waals surface area contributed by atoms with Gasteiger partial charge in [0.1, 0.15) is 0 Å². The fourth-order valence-electron chi connectivity index (χ4n) is 3.82. The molecule has 1 heterocycles. The lowest BCUT2D eigenvalue weighted by Gasteiger charge is -2.34. The highest BCUT2D eigenvalue weighted by Crippen LogP contribution is 2.28. The summed E-state index contributed by atoms with van der Waals surface area (Å²) in [4.78, 5) is 4.99. The number of piperidine rings is 1. The van der Waals surface area contributed by atoms with Crippen LogP contribution in [0.1, 0.15) is 32.3 Å². The predicted molar refractivity (Wildman–Crippen MR) is 105 cm³/mol. The monoisotopic (exact) mass is 322 g/mol. The zero-order valence-electron chi connectivity index (χ0n) is 15.1. The maximum atomic E-state index is 2.56. The largest absolute Gasteiger partial charge is 0.372 e. The van der Waals surface area contributed by atoms with Crippen LogP contribution in [-0.4, -0.2) is 26.2 Å². The molecule has 128 valence electrons. The van der Waals surface area contributed by atoms with Gasteiger partial charge in [-0.05, 0) is 62.8 Å². The van der Waals surface area contributed by atoms with Crippen molar-refractivity contribution in [3.8, 4) is 0 Å². The molecule has 0 amide bonds. The van der Waals surface area contributed by atoms with Gasteiger partial charge in [0.15, 0.2) is 0 Å². The zero-order valence-corrected chi connectivity index (χ0v) is 15.1. The Bertz CT molecular complexity index is 611. The standard InChI is InChI=1S/C22H30N2/c1-3-23(4-2)21-11-8-12-22(18-21)24-15-13-20(14-16-24)17-19-9-6-5-7-10-19/h5-12,18,20H,3-4,13-17H2,1-2H3. The smallest absolute Gasteiger partial charge is 0.0386 e. The summed E-state index contributed by atoms with van der Waals surface area (Å²) >= 11 is 0. The lowest BCUT2D eigenvalue weighted by Crippen LogP contribution is -2.34. The second-order valence-electron chi connectivity index (χ2n) is 6.81. The quantitative estimate of drug-likeness (QED) is 0.739. The van der Waals surface area contributed by atoms with Crippen molar-refractivity contribution in [3.63, 3.8) is 0 Å². The first-order valence-corrected chi connectivity index (χ1v) is 9.44. The second-order valence-corrected chi connectivity index (χ2v) is 6.81. The van der Waals surface area contributed by atoms with E-state index in [-0.39, 0.29) is 0 Å². The van der Waals surface area contributed by atoms with Crippen molar-refractivity contribution in [1.82, 2.24) is 0 Å². The summed E-state index contributed by atoms with van der Waals surface area (Å²) in [6.45, 7) is 8.95. The summed E-state index contributed by atoms with van der Waals surface area (Å²) in [7, 11) is 0. The minimum atomic E-state index is 0.828. The highest BCUT2D eigenvalue weighted by atomic mass is 15.1. The SMILES string of the molecule is CCN(CC)c1cccc(N2CCC(Cc3ccccc3)CC2)c1. The molecule has 24 heavy (non-hydrogen) atoms. The molecule has 3 rings (SSSR count). The molecule has 2 nitrogen and oxygen atoms in total. The fourth-order valence-corrected chi connectivity index (χ4v) is 3.82. The lowest BCUT2D eigenvalue weighted by atomic mass is 9.90. The van der Waals surface area contributed by atoms with Crippen LogP contribution in [0.4, 0.5) is 11.4 Å². The molecule has 2 heteroatoms. The molecule has 1 aliphatic heterocycles. The molecule has 2 aromatic carbocycles. The van der Waals surface area contributed by atoms with Crippen molar-refractivity contribution in [2.75, 3.05) is 36.0 Å². The normalized spacial score (nSPS) is 15.5. The first-order chi connectivity index (χ1) is 11.8. The molecule has 0 unspecified atom stereocenters. The first-order valence-electron chi connectivity index (χ1n) is 9.44. The number of benzene rings is 2. The molecule has 0 spiro atoms. The van der Waals surface area contributed by atoms with E-state index in [1.807, 2.05) is 0 Å². The van der Waals surface area contributed by atoms with Crippen molar-refractivity contribution in [2.24, 2.45) is 5.92 Å². The van der Waals surface area contributed by atoms with Gasteiger partial charge in [0.2, 0.25) is 0 Å². The fraction of sp³-hybridized carbons (Fsp3) is 0.455. The molecule has 0 saturated carbocycles. The predicted octanol–water partition coefficient (Wildman–Crippen LogP) is 4.99. The van der Waals surface area contributed by atoms with E-state index in [0.29, 0.717) is 0 Å². The molecule has 2 aromatic rings. The van der Waals surface area contributed by atoms with E-state index in [1.54, 1.807) is 0 Å². The Kier molecular flexibility index (Phi) is 5.79. The van der Waals surface area contributed by atoms with Crippen molar-refractivity contribution < 1.29 is 0 Å². The van der Waals surface area contributed by atoms with Crippen molar-refractivity contribution in [2.45, 2.75) is 33.1 Å². The Hall–Kier alpha value is -1.96. The number of nitrogens with zero attached hydrogens (tertiary/aromatic N) is 2. The summed E-state index contributed by atoms with van der Waals surface area (Å²) < 4.78 is 0. The van der Waals surface area contributed by atoms with Gasteiger partial charge in [-0.2, -0.15) is 0 Å². The Morgan fingerprint density at radius 1 is 0.917 bits per heavy atom. The van der Waals surface area contributed by atoms with E-state index < -0.39 is 0 Å². The average molecular weight is 322 g/mol.